The fraction of sp³-hybridized carbons (Fsp3) is 0.484. The second-order valence-corrected chi connectivity index (χ2v) is 11.4. The molecule has 0 radical (unpaired) electrons. The summed E-state index contributed by atoms with van der Waals surface area (Å²) in [5.74, 6) is -4.41. The van der Waals surface area contributed by atoms with Crippen LogP contribution < -0.4 is 10.5 Å². The van der Waals surface area contributed by atoms with Gasteiger partial charge in [0.05, 0.1) is 42.1 Å². The number of aromatic hydroxyl groups is 2. The van der Waals surface area contributed by atoms with Crippen molar-refractivity contribution in [2.45, 2.75) is 82.2 Å². The van der Waals surface area contributed by atoms with E-state index in [0.29, 0.717) is 6.42 Å². The number of rotatable bonds is 8. The molecule has 1 fully saturated rings. The van der Waals surface area contributed by atoms with Crippen molar-refractivity contribution in [3.8, 4) is 17.2 Å². The van der Waals surface area contributed by atoms with E-state index in [0.717, 1.165) is 0 Å². The van der Waals surface area contributed by atoms with Crippen LogP contribution in [0.2, 0.25) is 0 Å². The Bertz CT molecular complexity index is 1520. The molecule has 1 aliphatic heterocycles. The molecular formula is C31H35NO12. The maximum Gasteiger partial charge on any atom is 0.306 e. The number of fused-ring (bicyclic) bond motifs is 3. The van der Waals surface area contributed by atoms with Crippen molar-refractivity contribution in [2.75, 3.05) is 13.7 Å². The molecule has 236 valence electrons. The van der Waals surface area contributed by atoms with E-state index >= 15 is 0 Å². The number of phenolic OH excluding ortho intramolecular Hbond substituents is 2. The first-order valence-electron chi connectivity index (χ1n) is 14.4. The van der Waals surface area contributed by atoms with E-state index in [1.807, 2.05) is 0 Å². The highest BCUT2D eigenvalue weighted by Gasteiger charge is 2.50. The van der Waals surface area contributed by atoms with Crippen molar-refractivity contribution in [3.63, 3.8) is 0 Å². The molecule has 1 heterocycles. The molecule has 6 atom stereocenters. The molecule has 2 aromatic rings. The summed E-state index contributed by atoms with van der Waals surface area (Å²) >= 11 is 0. The van der Waals surface area contributed by atoms with Gasteiger partial charge in [-0.1, -0.05) is 19.1 Å². The number of ketones is 3. The van der Waals surface area contributed by atoms with Gasteiger partial charge in [-0.2, -0.15) is 0 Å². The average Bonchev–Trinajstić information content (AvgIpc) is 2.98. The lowest BCUT2D eigenvalue weighted by atomic mass is 9.72. The third-order valence-electron chi connectivity index (χ3n) is 8.48. The van der Waals surface area contributed by atoms with Gasteiger partial charge in [0.2, 0.25) is 11.6 Å². The Morgan fingerprint density at radius 3 is 2.48 bits per heavy atom. The standard InChI is InChI=1S/C31H35NO12/c1-4-6-20(34)42-12-19(33)31(40)10-15-23(18(11-31)44-21-9-16(32)26(35)13(2)43-21)30(39)25-24(28(15)37)27(36)14-7-5-8-17(41-3)22(14)29(25)38/h5,7-8,13,16,18,21,26,35,37,39-40H,4,6,9-12,32H2,1-3H3/t13?,16?,18-,21?,26?,31-/m0/s1. The van der Waals surface area contributed by atoms with Crippen LogP contribution in [0.5, 0.6) is 17.2 Å². The van der Waals surface area contributed by atoms with E-state index in [1.54, 1.807) is 13.8 Å². The number of phenols is 2. The number of hydrogen-bond donors (Lipinski definition) is 5. The van der Waals surface area contributed by atoms with Crippen molar-refractivity contribution >= 4 is 23.3 Å². The second kappa shape index (κ2) is 11.9. The Morgan fingerprint density at radius 1 is 1.11 bits per heavy atom. The summed E-state index contributed by atoms with van der Waals surface area (Å²) in [4.78, 5) is 52.7. The molecule has 0 saturated carbocycles. The van der Waals surface area contributed by atoms with Crippen LogP contribution in [-0.2, 0) is 30.2 Å². The second-order valence-electron chi connectivity index (χ2n) is 11.4. The summed E-state index contributed by atoms with van der Waals surface area (Å²) in [5, 5.41) is 45.0. The molecule has 44 heavy (non-hydrogen) atoms. The molecule has 1 saturated heterocycles. The van der Waals surface area contributed by atoms with Gasteiger partial charge in [0.15, 0.2) is 18.7 Å². The van der Waals surface area contributed by atoms with Crippen molar-refractivity contribution in [1.82, 2.24) is 0 Å². The number of carbonyl (C=O) groups excluding carboxylic acids is 4. The summed E-state index contributed by atoms with van der Waals surface area (Å²) < 4.78 is 22.2. The molecule has 4 unspecified atom stereocenters. The van der Waals surface area contributed by atoms with Crippen LogP contribution in [-0.4, -0.2) is 87.6 Å². The molecule has 0 aromatic heterocycles. The van der Waals surface area contributed by atoms with Crippen LogP contribution in [0.4, 0.5) is 0 Å². The maximum atomic E-state index is 13.8. The number of Topliss-reactive ketones (excluding diaryl/α,β-unsaturated/α-hetero) is 1. The van der Waals surface area contributed by atoms with E-state index < -0.39 is 102 Å². The molecule has 0 spiro atoms. The maximum absolute atomic E-state index is 13.8. The van der Waals surface area contributed by atoms with E-state index in [4.69, 9.17) is 24.7 Å². The normalized spacial score (nSPS) is 27.6. The van der Waals surface area contributed by atoms with E-state index in [-0.39, 0.29) is 40.8 Å². The van der Waals surface area contributed by atoms with Gasteiger partial charge in [-0.25, -0.2) is 0 Å². The quantitative estimate of drug-likeness (QED) is 0.180. The van der Waals surface area contributed by atoms with Gasteiger partial charge in [0.1, 0.15) is 22.8 Å². The van der Waals surface area contributed by atoms with Gasteiger partial charge in [-0.3, -0.25) is 19.2 Å². The van der Waals surface area contributed by atoms with Gasteiger partial charge in [-0.15, -0.1) is 0 Å². The summed E-state index contributed by atoms with van der Waals surface area (Å²) in [6, 6.07) is 3.61. The Kier molecular flexibility index (Phi) is 8.53. The van der Waals surface area contributed by atoms with Gasteiger partial charge >= 0.3 is 5.97 Å². The molecule has 6 N–H and O–H groups in total. The SMILES string of the molecule is CCCC(=O)OCC(=O)[C@]1(O)Cc2c(O)c3c(c(O)c2[C@@H](OC2CC(N)C(O)C(C)O2)C1)C(=O)c1c(OC)cccc1C3=O. The zero-order valence-electron chi connectivity index (χ0n) is 24.5. The number of methoxy groups -OCH3 is 1. The fourth-order valence-electron chi connectivity index (χ4n) is 6.16. The number of carbonyl (C=O) groups is 4. The van der Waals surface area contributed by atoms with E-state index in [9.17, 15) is 39.6 Å². The van der Waals surface area contributed by atoms with Crippen molar-refractivity contribution in [1.29, 1.82) is 0 Å². The molecule has 2 aromatic carbocycles. The van der Waals surface area contributed by atoms with Crippen LogP contribution in [0.1, 0.15) is 88.6 Å². The Morgan fingerprint density at radius 2 is 1.82 bits per heavy atom. The molecule has 0 amide bonds. The van der Waals surface area contributed by atoms with E-state index in [2.05, 4.69) is 0 Å². The highest BCUT2D eigenvalue weighted by Crippen LogP contribution is 2.52. The Balaban J connectivity index is 1.62. The summed E-state index contributed by atoms with van der Waals surface area (Å²) in [6.45, 7) is 2.56. The number of esters is 1. The number of aliphatic hydroxyl groups is 2. The van der Waals surface area contributed by atoms with Crippen LogP contribution in [0, 0.1) is 0 Å². The van der Waals surface area contributed by atoms with Crippen LogP contribution in [0.15, 0.2) is 18.2 Å². The fourth-order valence-corrected chi connectivity index (χ4v) is 6.16. The number of benzene rings is 2. The molecule has 13 heteroatoms. The third kappa shape index (κ3) is 5.24. The van der Waals surface area contributed by atoms with Crippen LogP contribution in [0.3, 0.4) is 0 Å². The van der Waals surface area contributed by atoms with Crippen molar-refractivity contribution in [2.24, 2.45) is 5.73 Å². The van der Waals surface area contributed by atoms with Gasteiger partial charge in [0, 0.05) is 48.4 Å². The van der Waals surface area contributed by atoms with Gasteiger partial charge in [0.25, 0.3) is 0 Å². The zero-order valence-corrected chi connectivity index (χ0v) is 24.5. The first kappa shape index (κ1) is 31.5. The first-order chi connectivity index (χ1) is 20.8. The topological polar surface area (TPSA) is 212 Å². The lowest BCUT2D eigenvalue weighted by molar-refractivity contribution is -0.247. The predicted octanol–water partition coefficient (Wildman–Crippen LogP) is 1.35. The van der Waals surface area contributed by atoms with Crippen molar-refractivity contribution < 1.29 is 58.6 Å². The largest absolute Gasteiger partial charge is 0.507 e. The molecule has 3 aliphatic rings. The number of ether oxygens (including phenoxy) is 4. The summed E-state index contributed by atoms with van der Waals surface area (Å²) in [7, 11) is 1.32. The summed E-state index contributed by atoms with van der Waals surface area (Å²) in [5.41, 5.74) is 2.31. The molecular weight excluding hydrogens is 578 g/mol. The lowest BCUT2D eigenvalue weighted by Crippen LogP contribution is -2.53. The van der Waals surface area contributed by atoms with Crippen LogP contribution in [0.25, 0.3) is 0 Å². The smallest absolute Gasteiger partial charge is 0.306 e. The van der Waals surface area contributed by atoms with Gasteiger partial charge < -0.3 is 45.1 Å². The molecule has 2 aliphatic carbocycles. The average molecular weight is 614 g/mol. The minimum absolute atomic E-state index is 0.00196. The van der Waals surface area contributed by atoms with Gasteiger partial charge in [-0.05, 0) is 19.4 Å². The highest BCUT2D eigenvalue weighted by atomic mass is 16.7. The minimum Gasteiger partial charge on any atom is -0.507 e. The number of aliphatic hydroxyl groups excluding tert-OH is 1. The molecule has 5 rings (SSSR count). The molecule has 0 bridgehead atoms. The lowest BCUT2D eigenvalue weighted by Gasteiger charge is -2.42. The Hall–Kier alpha value is -3.88. The minimum atomic E-state index is -2.28. The monoisotopic (exact) mass is 613 g/mol. The number of hydrogen-bond acceptors (Lipinski definition) is 13. The predicted molar refractivity (Wildman–Crippen MR) is 151 cm³/mol. The van der Waals surface area contributed by atoms with Crippen molar-refractivity contribution in [3.05, 3.63) is 51.6 Å². The third-order valence-corrected chi connectivity index (χ3v) is 8.48. The molecule has 13 nitrogen and oxygen atoms in total. The van der Waals surface area contributed by atoms with E-state index in [1.165, 1.54) is 25.3 Å². The zero-order chi connectivity index (χ0) is 32.1. The number of nitrogens with two attached hydrogens (primary N) is 1. The highest BCUT2D eigenvalue weighted by molar-refractivity contribution is 6.31. The summed E-state index contributed by atoms with van der Waals surface area (Å²) in [6.07, 6.45) is -4.75. The first-order valence-corrected chi connectivity index (χ1v) is 14.4. The Labute approximate surface area is 252 Å². The van der Waals surface area contributed by atoms with Crippen LogP contribution >= 0.6 is 0 Å².